The molecule has 0 unspecified atom stereocenters. The molecule has 0 N–H and O–H groups in total. The van der Waals surface area contributed by atoms with Gasteiger partial charge in [0.25, 0.3) is 0 Å². The van der Waals surface area contributed by atoms with Crippen molar-refractivity contribution >= 4 is 8.41 Å². The maximum absolute atomic E-state index is 2.42. The predicted octanol–water partition coefficient (Wildman–Crippen LogP) is 6.67. The van der Waals surface area contributed by atoms with Crippen LogP contribution in [0.2, 0.25) is 0 Å². The van der Waals surface area contributed by atoms with Gasteiger partial charge in [-0.2, -0.15) is 0 Å². The lowest BCUT2D eigenvalue weighted by atomic mass is 10.0. The van der Waals surface area contributed by atoms with E-state index in [1.165, 1.54) is 133 Å². The zero-order valence-corrected chi connectivity index (χ0v) is 18.6. The minimum atomic E-state index is 0. The third-order valence-electron chi connectivity index (χ3n) is 5.73. The third-order valence-corrected chi connectivity index (χ3v) is 5.73. The molecule has 2 heteroatoms. The first-order chi connectivity index (χ1) is 12.1. The number of nitrogens with zero attached hydrogens (tertiary/aromatic N) is 1. The first-order valence-corrected chi connectivity index (χ1v) is 11.9. The fraction of sp³-hybridized carbons (Fsp3) is 1.00. The normalized spacial score (nSPS) is 11.5. The average Bonchev–Trinajstić information content (AvgIpc) is 2.59. The van der Waals surface area contributed by atoms with Gasteiger partial charge in [-0.3, -0.25) is 0 Å². The molecule has 160 valence electrons. The van der Waals surface area contributed by atoms with Crippen LogP contribution >= 0.6 is 0 Å². The Hall–Kier alpha value is 0.0249. The molecule has 0 saturated carbocycles. The minimum absolute atomic E-state index is 0. The molecular formula is C24H56BN. The largest absolute Gasteiger partial charge is 0.328 e. The molecule has 0 aromatic rings. The van der Waals surface area contributed by atoms with Gasteiger partial charge in [0, 0.05) is 0 Å². The van der Waals surface area contributed by atoms with Crippen LogP contribution in [-0.4, -0.2) is 40.1 Å². The Morgan fingerprint density at radius 3 is 0.923 bits per heavy atom. The number of quaternary nitrogens is 1. The first-order valence-electron chi connectivity index (χ1n) is 11.9. The molecule has 0 aliphatic rings. The van der Waals surface area contributed by atoms with Crippen molar-refractivity contribution in [2.24, 2.45) is 0 Å². The van der Waals surface area contributed by atoms with Crippen molar-refractivity contribution in [1.29, 1.82) is 0 Å². The molecule has 0 fully saturated rings. The van der Waals surface area contributed by atoms with Gasteiger partial charge in [0.05, 0.1) is 27.2 Å². The van der Waals surface area contributed by atoms with Crippen LogP contribution in [0.25, 0.3) is 0 Å². The molecule has 0 saturated heterocycles. The first kappa shape index (κ1) is 28.2. The van der Waals surface area contributed by atoms with Crippen molar-refractivity contribution < 1.29 is 4.48 Å². The van der Waals surface area contributed by atoms with Crippen molar-refractivity contribution in [3.8, 4) is 0 Å². The number of unbranched alkanes of at least 4 members (excludes halogenated alkanes) is 16. The van der Waals surface area contributed by atoms with Crippen molar-refractivity contribution in [3.05, 3.63) is 0 Å². The Kier molecular flexibility index (Phi) is 23.2. The van der Waals surface area contributed by atoms with Gasteiger partial charge in [0.1, 0.15) is 0 Å². The van der Waals surface area contributed by atoms with Gasteiger partial charge in [-0.15, -0.1) is 0 Å². The maximum Gasteiger partial charge on any atom is 0.0782 e. The van der Waals surface area contributed by atoms with Gasteiger partial charge in [-0.25, -0.2) is 0 Å². The lowest BCUT2D eigenvalue weighted by Crippen LogP contribution is -2.41. The molecule has 0 aromatic carbocycles. The highest BCUT2D eigenvalue weighted by molar-refractivity contribution is 5.75. The summed E-state index contributed by atoms with van der Waals surface area (Å²) in [5.74, 6) is 0. The summed E-state index contributed by atoms with van der Waals surface area (Å²) < 4.78 is 1.24. The van der Waals surface area contributed by atoms with Crippen molar-refractivity contribution in [3.63, 3.8) is 0 Å². The predicted molar refractivity (Wildman–Crippen MR) is 128 cm³/mol. The van der Waals surface area contributed by atoms with Crippen LogP contribution in [0.5, 0.6) is 0 Å². The summed E-state index contributed by atoms with van der Waals surface area (Å²) in [6.45, 7) is 7.35. The molecule has 0 aromatic heterocycles. The zero-order chi connectivity index (χ0) is 18.6. The second-order valence-corrected chi connectivity index (χ2v) is 9.04. The van der Waals surface area contributed by atoms with Gasteiger partial charge < -0.3 is 4.48 Å². The highest BCUT2D eigenvalue weighted by Gasteiger charge is 2.13. The molecule has 26 heavy (non-hydrogen) atoms. The van der Waals surface area contributed by atoms with Crippen LogP contribution in [0.15, 0.2) is 0 Å². The fourth-order valence-electron chi connectivity index (χ4n) is 3.81. The molecule has 0 amide bonds. The Morgan fingerprint density at radius 2 is 0.615 bits per heavy atom. The maximum atomic E-state index is 2.42. The van der Waals surface area contributed by atoms with E-state index in [1.54, 1.807) is 0 Å². The summed E-state index contributed by atoms with van der Waals surface area (Å²) in [6.07, 6.45) is 26.1. The van der Waals surface area contributed by atoms with Gasteiger partial charge in [0.2, 0.25) is 0 Å². The lowest BCUT2D eigenvalue weighted by molar-refractivity contribution is -0.890. The van der Waals surface area contributed by atoms with E-state index in [0.717, 1.165) is 0 Å². The molecule has 0 spiro atoms. The van der Waals surface area contributed by atoms with Gasteiger partial charge in [0.15, 0.2) is 0 Å². The molecule has 0 bridgehead atoms. The summed E-state index contributed by atoms with van der Waals surface area (Å²) in [5, 5.41) is 0. The topological polar surface area (TPSA) is 0 Å². The van der Waals surface area contributed by atoms with E-state index in [-0.39, 0.29) is 8.41 Å². The molecule has 1 nitrogen and oxygen atoms in total. The van der Waals surface area contributed by atoms with Crippen molar-refractivity contribution in [1.82, 2.24) is 0 Å². The van der Waals surface area contributed by atoms with E-state index in [4.69, 9.17) is 0 Å². The Bertz CT molecular complexity index is 253. The second-order valence-electron chi connectivity index (χ2n) is 9.04. The molecule has 0 radical (unpaired) electrons. The third kappa shape index (κ3) is 22.1. The van der Waals surface area contributed by atoms with Crippen LogP contribution in [0, 0.1) is 0 Å². The highest BCUT2D eigenvalue weighted by atomic mass is 15.3. The quantitative estimate of drug-likeness (QED) is 0.128. The summed E-state index contributed by atoms with van der Waals surface area (Å²) in [7, 11) is 4.85. The fourth-order valence-corrected chi connectivity index (χ4v) is 3.81. The molecule has 0 heterocycles. The summed E-state index contributed by atoms with van der Waals surface area (Å²) in [4.78, 5) is 0. The Morgan fingerprint density at radius 1 is 0.385 bits per heavy atom. The van der Waals surface area contributed by atoms with E-state index in [1.807, 2.05) is 0 Å². The summed E-state index contributed by atoms with van der Waals surface area (Å²) >= 11 is 0. The lowest BCUT2D eigenvalue weighted by Gasteiger charge is -2.30. The van der Waals surface area contributed by atoms with Gasteiger partial charge >= 0.3 is 0 Å². The smallest absolute Gasteiger partial charge is 0.0782 e. The molecular weight excluding hydrogens is 313 g/mol. The summed E-state index contributed by atoms with van der Waals surface area (Å²) in [5.41, 5.74) is 0. The average molecular weight is 370 g/mol. The van der Waals surface area contributed by atoms with E-state index in [2.05, 4.69) is 27.9 Å². The van der Waals surface area contributed by atoms with Crippen molar-refractivity contribution in [2.45, 2.75) is 129 Å². The zero-order valence-electron chi connectivity index (χ0n) is 18.6. The van der Waals surface area contributed by atoms with Crippen LogP contribution in [0.3, 0.4) is 0 Å². The number of hydrogen-bond acceptors (Lipinski definition) is 0. The van der Waals surface area contributed by atoms with Gasteiger partial charge in [-0.05, 0) is 25.7 Å². The highest BCUT2D eigenvalue weighted by Crippen LogP contribution is 2.14. The van der Waals surface area contributed by atoms with Crippen LogP contribution in [0.1, 0.15) is 129 Å². The Balaban J connectivity index is 0. The van der Waals surface area contributed by atoms with E-state index >= 15 is 0 Å². The number of hydrogen-bond donors (Lipinski definition) is 0. The molecule has 0 aliphatic carbocycles. The Labute approximate surface area is 169 Å². The number of rotatable bonds is 20. The standard InChI is InChI=1S/C24H52N.BH4/c1-5-7-9-11-12-13-14-15-16-17-18-19-20-22-24-25(3,4)23-21-10-8-6-2;/h5-24H2,1-4H3;1H4/q+1;-1. The second kappa shape index (κ2) is 21.3. The SMILES string of the molecule is CCCCCCCCCCCCCCCC[N+](C)(C)CCCCCC.[BH4-]. The van der Waals surface area contributed by atoms with Gasteiger partial charge in [-0.1, -0.05) is 112 Å². The van der Waals surface area contributed by atoms with Crippen molar-refractivity contribution in [2.75, 3.05) is 27.2 Å². The summed E-state index contributed by atoms with van der Waals surface area (Å²) in [6, 6.07) is 0. The van der Waals surface area contributed by atoms with Crippen LogP contribution in [0.4, 0.5) is 0 Å². The molecule has 0 aliphatic heterocycles. The molecule has 0 rings (SSSR count). The van der Waals surface area contributed by atoms with E-state index in [9.17, 15) is 0 Å². The molecule has 0 atom stereocenters. The monoisotopic (exact) mass is 369 g/mol. The van der Waals surface area contributed by atoms with Crippen LogP contribution < -0.4 is 0 Å². The minimum Gasteiger partial charge on any atom is -0.328 e. The van der Waals surface area contributed by atoms with E-state index < -0.39 is 0 Å². The van der Waals surface area contributed by atoms with E-state index in [0.29, 0.717) is 0 Å². The van der Waals surface area contributed by atoms with Crippen LogP contribution in [-0.2, 0) is 0 Å².